The zero-order chi connectivity index (χ0) is 24.2. The van der Waals surface area contributed by atoms with Crippen LogP contribution in [0, 0.1) is 12.3 Å². The maximum absolute atomic E-state index is 13.2. The van der Waals surface area contributed by atoms with Gasteiger partial charge in [0.15, 0.2) is 0 Å². The van der Waals surface area contributed by atoms with Gasteiger partial charge in [-0.05, 0) is 48.3 Å². The normalized spacial score (nSPS) is 17.8. The fourth-order valence-corrected chi connectivity index (χ4v) is 4.68. The molecule has 1 aromatic heterocycles. The van der Waals surface area contributed by atoms with Gasteiger partial charge in [-0.15, -0.1) is 0 Å². The van der Waals surface area contributed by atoms with Gasteiger partial charge < -0.3 is 26.5 Å². The van der Waals surface area contributed by atoms with Crippen molar-refractivity contribution in [1.82, 2.24) is 15.6 Å². The van der Waals surface area contributed by atoms with Gasteiger partial charge in [0, 0.05) is 24.3 Å². The van der Waals surface area contributed by atoms with E-state index in [-0.39, 0.29) is 17.2 Å². The van der Waals surface area contributed by atoms with Crippen LogP contribution in [-0.4, -0.2) is 27.9 Å². The third-order valence-corrected chi connectivity index (χ3v) is 6.54. The average molecular weight is 455 g/mol. The number of aliphatic hydroxyl groups is 1. The summed E-state index contributed by atoms with van der Waals surface area (Å²) in [6.07, 6.45) is 3.17. The van der Waals surface area contributed by atoms with E-state index in [0.29, 0.717) is 31.6 Å². The molecule has 1 aliphatic rings. The van der Waals surface area contributed by atoms with Crippen molar-refractivity contribution < 1.29 is 14.7 Å². The molecule has 1 aromatic carbocycles. The maximum atomic E-state index is 13.2. The highest BCUT2D eigenvalue weighted by atomic mass is 16.3. The smallest absolute Gasteiger partial charge is 0.268 e. The van der Waals surface area contributed by atoms with E-state index in [1.807, 2.05) is 31.2 Å². The molecule has 33 heavy (non-hydrogen) atoms. The Morgan fingerprint density at radius 3 is 2.55 bits per heavy atom. The highest BCUT2D eigenvalue weighted by Gasteiger charge is 2.35. The topological polar surface area (TPSA) is 120 Å². The number of nitrogens with one attached hydrogen (secondary N) is 3. The molecule has 7 heteroatoms. The molecule has 0 bridgehead atoms. The van der Waals surface area contributed by atoms with E-state index in [1.54, 1.807) is 0 Å². The molecule has 1 heterocycles. The van der Waals surface area contributed by atoms with E-state index in [0.717, 1.165) is 47.2 Å². The van der Waals surface area contributed by atoms with Gasteiger partial charge in [-0.25, -0.2) is 0 Å². The van der Waals surface area contributed by atoms with E-state index in [2.05, 4.69) is 36.4 Å². The Balaban J connectivity index is 1.70. The molecule has 0 fully saturated rings. The number of aliphatic hydroxyl groups excluding tert-OH is 1. The number of H-pyrrole nitrogens is 1. The second kappa shape index (κ2) is 10.5. The number of carbonyl (C=O) groups excluding carboxylic acids is 2. The van der Waals surface area contributed by atoms with Crippen LogP contribution < -0.4 is 16.4 Å². The molecule has 0 aliphatic heterocycles. The minimum absolute atomic E-state index is 0.0383. The third-order valence-electron chi connectivity index (χ3n) is 6.54. The van der Waals surface area contributed by atoms with Crippen LogP contribution >= 0.6 is 0 Å². The first kappa shape index (κ1) is 25.0. The lowest BCUT2D eigenvalue weighted by Crippen LogP contribution is -2.46. The summed E-state index contributed by atoms with van der Waals surface area (Å²) in [6.45, 7) is 9.01. The monoisotopic (exact) mass is 454 g/mol. The average Bonchev–Trinajstić information content (AvgIpc) is 3.10. The van der Waals surface area contributed by atoms with Crippen LogP contribution in [-0.2, 0) is 24.3 Å². The SMILES string of the molecule is CCCCC(NC(=O)c1[nH]c2c(c1C)C(O)CC(C)(C)C2)C(=O)NCc1ccc(CN)cc1. The summed E-state index contributed by atoms with van der Waals surface area (Å²) in [5.41, 5.74) is 10.6. The summed E-state index contributed by atoms with van der Waals surface area (Å²) in [5.74, 6) is -0.509. The Labute approximate surface area is 196 Å². The molecular weight excluding hydrogens is 416 g/mol. The third kappa shape index (κ3) is 6.03. The van der Waals surface area contributed by atoms with Crippen molar-refractivity contribution in [2.24, 2.45) is 11.1 Å². The van der Waals surface area contributed by atoms with Crippen LogP contribution in [0.4, 0.5) is 0 Å². The molecule has 0 spiro atoms. The number of benzene rings is 1. The molecule has 0 saturated heterocycles. The van der Waals surface area contributed by atoms with E-state index in [1.165, 1.54) is 0 Å². The standard InChI is InChI=1S/C26H38N4O3/c1-5-6-7-19(24(32)28-15-18-10-8-17(14-27)9-11-18)30-25(33)23-16(2)22-20(29-23)12-26(3,4)13-21(22)31/h8-11,19,21,29,31H,5-7,12-15,27H2,1-4H3,(H,28,32)(H,30,33). The Hall–Kier alpha value is -2.64. The van der Waals surface area contributed by atoms with Crippen molar-refractivity contribution in [3.8, 4) is 0 Å². The van der Waals surface area contributed by atoms with Gasteiger partial charge in [-0.2, -0.15) is 0 Å². The summed E-state index contributed by atoms with van der Waals surface area (Å²) in [6, 6.07) is 7.16. The lowest BCUT2D eigenvalue weighted by Gasteiger charge is -2.33. The first-order chi connectivity index (χ1) is 15.6. The molecule has 3 rings (SSSR count). The zero-order valence-electron chi connectivity index (χ0n) is 20.3. The van der Waals surface area contributed by atoms with Crippen LogP contribution in [0.2, 0.25) is 0 Å². The van der Waals surface area contributed by atoms with Gasteiger partial charge in [0.2, 0.25) is 5.91 Å². The van der Waals surface area contributed by atoms with E-state index in [9.17, 15) is 14.7 Å². The molecule has 6 N–H and O–H groups in total. The Morgan fingerprint density at radius 2 is 1.91 bits per heavy atom. The van der Waals surface area contributed by atoms with Crippen molar-refractivity contribution in [2.45, 2.75) is 85.0 Å². The van der Waals surface area contributed by atoms with Crippen LogP contribution in [0.25, 0.3) is 0 Å². The molecule has 180 valence electrons. The molecular formula is C26H38N4O3. The molecule has 2 amide bonds. The Morgan fingerprint density at radius 1 is 1.24 bits per heavy atom. The number of nitrogens with two attached hydrogens (primary N) is 1. The van der Waals surface area contributed by atoms with Crippen LogP contribution in [0.15, 0.2) is 24.3 Å². The quantitative estimate of drug-likeness (QED) is 0.399. The number of hydrogen-bond donors (Lipinski definition) is 5. The Bertz CT molecular complexity index is 978. The number of rotatable bonds is 9. The highest BCUT2D eigenvalue weighted by molar-refractivity contribution is 5.97. The molecule has 1 aliphatic carbocycles. The van der Waals surface area contributed by atoms with Crippen molar-refractivity contribution in [3.05, 3.63) is 57.9 Å². The second-order valence-corrected chi connectivity index (χ2v) is 9.98. The molecule has 0 saturated carbocycles. The number of amides is 2. The summed E-state index contributed by atoms with van der Waals surface area (Å²) < 4.78 is 0. The van der Waals surface area contributed by atoms with Crippen LogP contribution in [0.1, 0.15) is 91.0 Å². The fourth-order valence-electron chi connectivity index (χ4n) is 4.68. The first-order valence-electron chi connectivity index (χ1n) is 11.9. The minimum atomic E-state index is -0.623. The van der Waals surface area contributed by atoms with Gasteiger partial charge in [0.1, 0.15) is 11.7 Å². The van der Waals surface area contributed by atoms with Gasteiger partial charge >= 0.3 is 0 Å². The predicted molar refractivity (Wildman–Crippen MR) is 130 cm³/mol. The predicted octanol–water partition coefficient (Wildman–Crippen LogP) is 3.39. The molecule has 0 radical (unpaired) electrons. The minimum Gasteiger partial charge on any atom is -0.388 e. The Kier molecular flexibility index (Phi) is 7.97. The second-order valence-electron chi connectivity index (χ2n) is 9.98. The maximum Gasteiger partial charge on any atom is 0.268 e. The van der Waals surface area contributed by atoms with Crippen molar-refractivity contribution >= 4 is 11.8 Å². The van der Waals surface area contributed by atoms with Gasteiger partial charge in [-0.3, -0.25) is 9.59 Å². The largest absolute Gasteiger partial charge is 0.388 e. The van der Waals surface area contributed by atoms with Gasteiger partial charge in [0.25, 0.3) is 5.91 Å². The fraction of sp³-hybridized carbons (Fsp3) is 0.538. The number of fused-ring (bicyclic) bond motifs is 1. The molecule has 7 nitrogen and oxygen atoms in total. The number of hydrogen-bond acceptors (Lipinski definition) is 4. The van der Waals surface area contributed by atoms with E-state index < -0.39 is 12.1 Å². The number of carbonyl (C=O) groups is 2. The summed E-state index contributed by atoms with van der Waals surface area (Å²) >= 11 is 0. The number of aromatic nitrogens is 1. The van der Waals surface area contributed by atoms with E-state index in [4.69, 9.17) is 5.73 Å². The number of unbranched alkanes of at least 4 members (excludes halogenated alkanes) is 1. The van der Waals surface area contributed by atoms with Crippen molar-refractivity contribution in [1.29, 1.82) is 0 Å². The molecule has 2 aromatic rings. The van der Waals surface area contributed by atoms with Crippen LogP contribution in [0.3, 0.4) is 0 Å². The van der Waals surface area contributed by atoms with Gasteiger partial charge in [-0.1, -0.05) is 57.9 Å². The zero-order valence-corrected chi connectivity index (χ0v) is 20.3. The number of aromatic amines is 1. The van der Waals surface area contributed by atoms with Crippen molar-refractivity contribution in [3.63, 3.8) is 0 Å². The van der Waals surface area contributed by atoms with Crippen LogP contribution in [0.5, 0.6) is 0 Å². The lowest BCUT2D eigenvalue weighted by atomic mass is 9.75. The summed E-state index contributed by atoms with van der Waals surface area (Å²) in [4.78, 5) is 29.3. The van der Waals surface area contributed by atoms with Gasteiger partial charge in [0.05, 0.1) is 6.10 Å². The molecule has 2 atom stereocenters. The summed E-state index contributed by atoms with van der Waals surface area (Å²) in [7, 11) is 0. The first-order valence-corrected chi connectivity index (χ1v) is 11.9. The summed E-state index contributed by atoms with van der Waals surface area (Å²) in [5, 5.41) is 16.5. The van der Waals surface area contributed by atoms with Crippen molar-refractivity contribution in [2.75, 3.05) is 0 Å². The lowest BCUT2D eigenvalue weighted by molar-refractivity contribution is -0.123. The molecule has 2 unspecified atom stereocenters. The highest BCUT2D eigenvalue weighted by Crippen LogP contribution is 2.42. The van der Waals surface area contributed by atoms with E-state index >= 15 is 0 Å².